The number of aromatic nitrogens is 1. The number of carbonyl (C=O) groups is 1. The van der Waals surface area contributed by atoms with Gasteiger partial charge in [0.25, 0.3) is 5.91 Å². The Morgan fingerprint density at radius 1 is 1.16 bits per heavy atom. The minimum absolute atomic E-state index is 0.0649. The summed E-state index contributed by atoms with van der Waals surface area (Å²) in [5.74, 6) is -0.0649. The Kier molecular flexibility index (Phi) is 3.01. The number of benzene rings is 1. The van der Waals surface area contributed by atoms with Crippen LogP contribution in [0.2, 0.25) is 0 Å². The SMILES string of the molecule is Cc1c(C(=O)Nc2ccncc2)sc2ccccc12. The molecule has 0 aliphatic carbocycles. The zero-order valence-electron chi connectivity index (χ0n) is 10.4. The van der Waals surface area contributed by atoms with Gasteiger partial charge in [-0.1, -0.05) is 18.2 Å². The number of rotatable bonds is 2. The summed E-state index contributed by atoms with van der Waals surface area (Å²) in [5, 5.41) is 4.04. The zero-order valence-corrected chi connectivity index (χ0v) is 11.2. The molecule has 0 radical (unpaired) electrons. The van der Waals surface area contributed by atoms with Crippen LogP contribution in [0.4, 0.5) is 5.69 Å². The Morgan fingerprint density at radius 3 is 2.63 bits per heavy atom. The first kappa shape index (κ1) is 11.9. The van der Waals surface area contributed by atoms with E-state index in [-0.39, 0.29) is 5.91 Å². The van der Waals surface area contributed by atoms with E-state index in [2.05, 4.69) is 10.3 Å². The van der Waals surface area contributed by atoms with Crippen LogP contribution in [-0.2, 0) is 0 Å². The van der Waals surface area contributed by atoms with Gasteiger partial charge in [0, 0.05) is 22.8 Å². The highest BCUT2D eigenvalue weighted by Crippen LogP contribution is 2.30. The van der Waals surface area contributed by atoms with E-state index in [0.29, 0.717) is 0 Å². The molecule has 0 aliphatic rings. The molecule has 1 amide bonds. The summed E-state index contributed by atoms with van der Waals surface area (Å²) in [6.45, 7) is 1.99. The van der Waals surface area contributed by atoms with Gasteiger partial charge in [-0.25, -0.2) is 0 Å². The summed E-state index contributed by atoms with van der Waals surface area (Å²) in [4.78, 5) is 17.0. The standard InChI is InChI=1S/C15H12N2OS/c1-10-12-4-2-3-5-13(12)19-14(10)15(18)17-11-6-8-16-9-7-11/h2-9H,1H3,(H,16,17,18). The van der Waals surface area contributed by atoms with Crippen molar-refractivity contribution in [3.63, 3.8) is 0 Å². The Hall–Kier alpha value is -2.20. The van der Waals surface area contributed by atoms with Gasteiger partial charge in [0.2, 0.25) is 0 Å². The molecule has 94 valence electrons. The van der Waals surface area contributed by atoms with E-state index < -0.39 is 0 Å². The van der Waals surface area contributed by atoms with Gasteiger partial charge in [0.05, 0.1) is 4.88 Å². The lowest BCUT2D eigenvalue weighted by molar-refractivity contribution is 0.103. The first-order valence-corrected chi connectivity index (χ1v) is 6.77. The monoisotopic (exact) mass is 268 g/mol. The van der Waals surface area contributed by atoms with E-state index in [1.807, 2.05) is 31.2 Å². The quantitative estimate of drug-likeness (QED) is 0.767. The topological polar surface area (TPSA) is 42.0 Å². The summed E-state index contributed by atoms with van der Waals surface area (Å²) in [5.41, 5.74) is 1.80. The molecule has 0 spiro atoms. The van der Waals surface area contributed by atoms with Crippen molar-refractivity contribution in [2.75, 3.05) is 5.32 Å². The lowest BCUT2D eigenvalue weighted by Crippen LogP contribution is -2.11. The predicted molar refractivity (Wildman–Crippen MR) is 78.8 cm³/mol. The minimum Gasteiger partial charge on any atom is -0.321 e. The van der Waals surface area contributed by atoms with Crippen LogP contribution in [0.5, 0.6) is 0 Å². The third kappa shape index (κ3) is 2.22. The van der Waals surface area contributed by atoms with Crippen LogP contribution in [0, 0.1) is 6.92 Å². The van der Waals surface area contributed by atoms with Crippen LogP contribution in [-0.4, -0.2) is 10.9 Å². The highest BCUT2D eigenvalue weighted by Gasteiger charge is 2.15. The first-order chi connectivity index (χ1) is 9.25. The van der Waals surface area contributed by atoms with Crippen molar-refractivity contribution in [3.8, 4) is 0 Å². The molecule has 0 saturated heterocycles. The smallest absolute Gasteiger partial charge is 0.266 e. The normalized spacial score (nSPS) is 10.6. The summed E-state index contributed by atoms with van der Waals surface area (Å²) in [7, 11) is 0. The van der Waals surface area contributed by atoms with Crippen molar-refractivity contribution in [2.45, 2.75) is 6.92 Å². The molecule has 0 bridgehead atoms. The van der Waals surface area contributed by atoms with Gasteiger partial charge in [0.1, 0.15) is 0 Å². The number of amides is 1. The van der Waals surface area contributed by atoms with Crippen molar-refractivity contribution in [1.29, 1.82) is 0 Å². The molecule has 0 atom stereocenters. The summed E-state index contributed by atoms with van der Waals surface area (Å²) in [6, 6.07) is 11.6. The van der Waals surface area contributed by atoms with Gasteiger partial charge in [-0.05, 0) is 36.1 Å². The van der Waals surface area contributed by atoms with Crippen molar-refractivity contribution >= 4 is 33.0 Å². The number of fused-ring (bicyclic) bond motifs is 1. The van der Waals surface area contributed by atoms with E-state index in [4.69, 9.17) is 0 Å². The number of thiophene rings is 1. The number of nitrogens with zero attached hydrogens (tertiary/aromatic N) is 1. The number of aryl methyl sites for hydroxylation is 1. The van der Waals surface area contributed by atoms with Crippen LogP contribution in [0.25, 0.3) is 10.1 Å². The van der Waals surface area contributed by atoms with Crippen LogP contribution >= 0.6 is 11.3 Å². The first-order valence-electron chi connectivity index (χ1n) is 5.95. The fourth-order valence-electron chi connectivity index (χ4n) is 2.01. The van der Waals surface area contributed by atoms with E-state index in [0.717, 1.165) is 26.2 Å². The molecule has 2 aromatic heterocycles. The molecule has 3 rings (SSSR count). The Balaban J connectivity index is 1.96. The lowest BCUT2D eigenvalue weighted by atomic mass is 10.1. The van der Waals surface area contributed by atoms with Crippen LogP contribution in [0.1, 0.15) is 15.2 Å². The second-order valence-electron chi connectivity index (χ2n) is 4.24. The second-order valence-corrected chi connectivity index (χ2v) is 5.29. The van der Waals surface area contributed by atoms with Gasteiger partial charge in [0.15, 0.2) is 0 Å². The molecule has 2 heterocycles. The molecule has 0 fully saturated rings. The molecule has 0 unspecified atom stereocenters. The molecule has 3 aromatic rings. The van der Waals surface area contributed by atoms with E-state index in [1.165, 1.54) is 11.3 Å². The lowest BCUT2D eigenvalue weighted by Gasteiger charge is -2.03. The van der Waals surface area contributed by atoms with Crippen molar-refractivity contribution < 1.29 is 4.79 Å². The third-order valence-electron chi connectivity index (χ3n) is 2.99. The van der Waals surface area contributed by atoms with Crippen LogP contribution in [0.3, 0.4) is 0 Å². The van der Waals surface area contributed by atoms with Crippen molar-refractivity contribution in [2.24, 2.45) is 0 Å². The maximum absolute atomic E-state index is 12.3. The number of hydrogen-bond donors (Lipinski definition) is 1. The largest absolute Gasteiger partial charge is 0.321 e. The van der Waals surface area contributed by atoms with E-state index in [1.54, 1.807) is 24.5 Å². The van der Waals surface area contributed by atoms with E-state index in [9.17, 15) is 4.79 Å². The molecule has 19 heavy (non-hydrogen) atoms. The number of hydrogen-bond acceptors (Lipinski definition) is 3. The maximum Gasteiger partial charge on any atom is 0.266 e. The fourth-order valence-corrected chi connectivity index (χ4v) is 3.12. The van der Waals surface area contributed by atoms with Gasteiger partial charge in [-0.15, -0.1) is 11.3 Å². The molecular formula is C15H12N2OS. The van der Waals surface area contributed by atoms with Crippen LogP contribution in [0.15, 0.2) is 48.8 Å². The highest BCUT2D eigenvalue weighted by atomic mass is 32.1. The van der Waals surface area contributed by atoms with Crippen LogP contribution < -0.4 is 5.32 Å². The van der Waals surface area contributed by atoms with Gasteiger partial charge < -0.3 is 5.32 Å². The molecule has 0 saturated carbocycles. The number of carbonyl (C=O) groups excluding carboxylic acids is 1. The number of anilines is 1. The number of nitrogens with one attached hydrogen (secondary N) is 1. The van der Waals surface area contributed by atoms with Gasteiger partial charge in [-0.2, -0.15) is 0 Å². The molecule has 1 aromatic carbocycles. The molecule has 3 nitrogen and oxygen atoms in total. The van der Waals surface area contributed by atoms with E-state index >= 15 is 0 Å². The number of pyridine rings is 1. The minimum atomic E-state index is -0.0649. The Morgan fingerprint density at radius 2 is 1.89 bits per heavy atom. The maximum atomic E-state index is 12.3. The Labute approximate surface area is 114 Å². The molecule has 0 aliphatic heterocycles. The average Bonchev–Trinajstić information content (AvgIpc) is 2.78. The molecular weight excluding hydrogens is 256 g/mol. The fraction of sp³-hybridized carbons (Fsp3) is 0.0667. The highest BCUT2D eigenvalue weighted by molar-refractivity contribution is 7.21. The summed E-state index contributed by atoms with van der Waals surface area (Å²) in [6.07, 6.45) is 3.32. The third-order valence-corrected chi connectivity index (χ3v) is 4.26. The Bertz CT molecular complexity index is 734. The summed E-state index contributed by atoms with van der Waals surface area (Å²) < 4.78 is 1.14. The zero-order chi connectivity index (χ0) is 13.2. The molecule has 4 heteroatoms. The average molecular weight is 268 g/mol. The summed E-state index contributed by atoms with van der Waals surface area (Å²) >= 11 is 1.52. The van der Waals surface area contributed by atoms with Gasteiger partial charge in [-0.3, -0.25) is 9.78 Å². The molecule has 1 N–H and O–H groups in total. The second kappa shape index (κ2) is 4.82. The van der Waals surface area contributed by atoms with Crippen molar-refractivity contribution in [3.05, 3.63) is 59.2 Å². The van der Waals surface area contributed by atoms with Crippen molar-refractivity contribution in [1.82, 2.24) is 4.98 Å². The predicted octanol–water partition coefficient (Wildman–Crippen LogP) is 3.86. The van der Waals surface area contributed by atoms with Gasteiger partial charge >= 0.3 is 0 Å².